The van der Waals surface area contributed by atoms with Crippen LogP contribution >= 0.6 is 0 Å². The molecule has 1 aromatic heterocycles. The highest BCUT2D eigenvalue weighted by atomic mass is 19.4. The number of rotatable bonds is 3. The molecule has 2 rings (SSSR count). The van der Waals surface area contributed by atoms with Crippen molar-refractivity contribution in [1.29, 1.82) is 0 Å². The van der Waals surface area contributed by atoms with Crippen LogP contribution in [0.4, 0.5) is 13.2 Å². The lowest BCUT2D eigenvalue weighted by Crippen LogP contribution is -2.50. The zero-order valence-electron chi connectivity index (χ0n) is 12.2. The Kier molecular flexibility index (Phi) is 4.90. The molecule has 0 bridgehead atoms. The number of hydrogen-bond acceptors (Lipinski definition) is 3. The first kappa shape index (κ1) is 16.5. The number of pyridine rings is 1. The summed E-state index contributed by atoms with van der Waals surface area (Å²) in [4.78, 5) is 27.6. The number of halogens is 3. The van der Waals surface area contributed by atoms with Gasteiger partial charge in [-0.25, -0.2) is 0 Å². The van der Waals surface area contributed by atoms with Gasteiger partial charge in [0.05, 0.1) is 6.54 Å². The molecule has 22 heavy (non-hydrogen) atoms. The Balaban J connectivity index is 1.98. The molecule has 0 saturated carbocycles. The number of aryl methyl sites for hydroxylation is 1. The normalized spacial score (nSPS) is 19.9. The second kappa shape index (κ2) is 6.51. The van der Waals surface area contributed by atoms with Crippen LogP contribution in [0, 0.1) is 6.92 Å². The van der Waals surface area contributed by atoms with Crippen LogP contribution < -0.4 is 10.9 Å². The molecule has 0 aliphatic carbocycles. The molecule has 1 aromatic rings. The first-order valence-corrected chi connectivity index (χ1v) is 7.04. The van der Waals surface area contributed by atoms with Crippen molar-refractivity contribution in [3.8, 4) is 0 Å². The molecule has 1 unspecified atom stereocenters. The number of piperidine rings is 1. The highest BCUT2D eigenvalue weighted by molar-refractivity contribution is 5.94. The molecule has 1 saturated heterocycles. The minimum atomic E-state index is -4.25. The molecule has 0 spiro atoms. The molecule has 2 N–H and O–H groups in total. The molecule has 2 heterocycles. The average molecular weight is 317 g/mol. The fourth-order valence-electron chi connectivity index (χ4n) is 2.58. The van der Waals surface area contributed by atoms with E-state index in [1.54, 1.807) is 13.0 Å². The summed E-state index contributed by atoms with van der Waals surface area (Å²) >= 11 is 0. The number of aromatic nitrogens is 1. The SMILES string of the molecule is Cc1ccc(C(=O)NC2CCCN(CC(F)(F)F)C2)c(=O)[nH]1. The maximum absolute atomic E-state index is 12.4. The number of nitrogens with zero attached hydrogens (tertiary/aromatic N) is 1. The molecule has 1 atom stereocenters. The third-order valence-corrected chi connectivity index (χ3v) is 3.54. The molecular formula is C14H18F3N3O2. The van der Waals surface area contributed by atoms with E-state index >= 15 is 0 Å². The van der Waals surface area contributed by atoms with Gasteiger partial charge in [-0.1, -0.05) is 0 Å². The van der Waals surface area contributed by atoms with Crippen LogP contribution in [0.3, 0.4) is 0 Å². The maximum Gasteiger partial charge on any atom is 0.401 e. The number of amides is 1. The van der Waals surface area contributed by atoms with Gasteiger partial charge in [0, 0.05) is 18.3 Å². The minimum absolute atomic E-state index is 0.0291. The largest absolute Gasteiger partial charge is 0.401 e. The van der Waals surface area contributed by atoms with E-state index in [-0.39, 0.29) is 18.2 Å². The van der Waals surface area contributed by atoms with Crippen molar-refractivity contribution in [2.75, 3.05) is 19.6 Å². The highest BCUT2D eigenvalue weighted by Gasteiger charge is 2.33. The van der Waals surface area contributed by atoms with Gasteiger partial charge < -0.3 is 10.3 Å². The summed E-state index contributed by atoms with van der Waals surface area (Å²) in [7, 11) is 0. The third-order valence-electron chi connectivity index (χ3n) is 3.54. The van der Waals surface area contributed by atoms with Crippen molar-refractivity contribution in [3.05, 3.63) is 33.7 Å². The fourth-order valence-corrected chi connectivity index (χ4v) is 2.58. The van der Waals surface area contributed by atoms with Crippen molar-refractivity contribution in [1.82, 2.24) is 15.2 Å². The van der Waals surface area contributed by atoms with Crippen molar-refractivity contribution >= 4 is 5.91 Å². The summed E-state index contributed by atoms with van der Waals surface area (Å²) in [5, 5.41) is 2.64. The predicted octanol–water partition coefficient (Wildman–Crippen LogP) is 1.44. The molecule has 122 valence electrons. The number of alkyl halides is 3. The van der Waals surface area contributed by atoms with Crippen molar-refractivity contribution in [3.63, 3.8) is 0 Å². The fraction of sp³-hybridized carbons (Fsp3) is 0.571. The first-order chi connectivity index (χ1) is 10.2. The summed E-state index contributed by atoms with van der Waals surface area (Å²) in [6, 6.07) is 2.64. The van der Waals surface area contributed by atoms with Gasteiger partial charge in [0.15, 0.2) is 0 Å². The summed E-state index contributed by atoms with van der Waals surface area (Å²) in [5.74, 6) is -0.555. The second-order valence-corrected chi connectivity index (χ2v) is 5.55. The van der Waals surface area contributed by atoms with Crippen LogP contribution in [0.15, 0.2) is 16.9 Å². The number of aromatic amines is 1. The van der Waals surface area contributed by atoms with E-state index in [0.29, 0.717) is 25.1 Å². The molecule has 1 fully saturated rings. The van der Waals surface area contributed by atoms with Gasteiger partial charge in [0.2, 0.25) is 0 Å². The van der Waals surface area contributed by atoms with E-state index in [0.717, 1.165) is 0 Å². The van der Waals surface area contributed by atoms with Crippen LogP contribution in [0.1, 0.15) is 28.9 Å². The van der Waals surface area contributed by atoms with Gasteiger partial charge in [0.1, 0.15) is 5.56 Å². The van der Waals surface area contributed by atoms with E-state index in [2.05, 4.69) is 10.3 Å². The average Bonchev–Trinajstić information content (AvgIpc) is 2.36. The topological polar surface area (TPSA) is 65.2 Å². The van der Waals surface area contributed by atoms with E-state index in [1.807, 2.05) is 0 Å². The molecule has 1 aliphatic rings. The zero-order chi connectivity index (χ0) is 16.3. The van der Waals surface area contributed by atoms with Crippen LogP contribution in [0.5, 0.6) is 0 Å². The third kappa shape index (κ3) is 4.59. The number of carbonyl (C=O) groups excluding carboxylic acids is 1. The zero-order valence-corrected chi connectivity index (χ0v) is 12.2. The Morgan fingerprint density at radius 2 is 2.18 bits per heavy atom. The molecular weight excluding hydrogens is 299 g/mol. The standard InChI is InChI=1S/C14H18F3N3O2/c1-9-4-5-11(12(21)18-9)13(22)19-10-3-2-6-20(7-10)8-14(15,16)17/h4-5,10H,2-3,6-8H2,1H3,(H,18,21)(H,19,22). The van der Waals surface area contributed by atoms with Crippen molar-refractivity contribution in [2.24, 2.45) is 0 Å². The van der Waals surface area contributed by atoms with Crippen molar-refractivity contribution in [2.45, 2.75) is 32.0 Å². The van der Waals surface area contributed by atoms with Gasteiger partial charge in [-0.05, 0) is 38.4 Å². The number of carbonyl (C=O) groups is 1. The second-order valence-electron chi connectivity index (χ2n) is 5.55. The lowest BCUT2D eigenvalue weighted by molar-refractivity contribution is -0.148. The number of hydrogen-bond donors (Lipinski definition) is 2. The summed E-state index contributed by atoms with van der Waals surface area (Å²) in [6.45, 7) is 1.20. The Hall–Kier alpha value is -1.83. The van der Waals surface area contributed by atoms with Gasteiger partial charge in [-0.15, -0.1) is 0 Å². The molecule has 5 nitrogen and oxygen atoms in total. The van der Waals surface area contributed by atoms with Gasteiger partial charge >= 0.3 is 6.18 Å². The van der Waals surface area contributed by atoms with Crippen LogP contribution in [0.2, 0.25) is 0 Å². The molecule has 1 aliphatic heterocycles. The molecule has 0 aromatic carbocycles. The molecule has 8 heteroatoms. The summed E-state index contributed by atoms with van der Waals surface area (Å²) < 4.78 is 37.2. The van der Waals surface area contributed by atoms with Gasteiger partial charge in [0.25, 0.3) is 11.5 Å². The Bertz CT molecular complexity index is 598. The van der Waals surface area contributed by atoms with Crippen molar-refractivity contribution < 1.29 is 18.0 Å². The summed E-state index contributed by atoms with van der Waals surface area (Å²) in [5.41, 5.74) is 0.106. The Morgan fingerprint density at radius 3 is 2.82 bits per heavy atom. The number of nitrogens with one attached hydrogen (secondary N) is 2. The predicted molar refractivity (Wildman–Crippen MR) is 74.8 cm³/mol. The van der Waals surface area contributed by atoms with E-state index in [1.165, 1.54) is 11.0 Å². The maximum atomic E-state index is 12.4. The monoisotopic (exact) mass is 317 g/mol. The van der Waals surface area contributed by atoms with E-state index in [9.17, 15) is 22.8 Å². The van der Waals surface area contributed by atoms with Gasteiger partial charge in [-0.3, -0.25) is 14.5 Å². The lowest BCUT2D eigenvalue weighted by Gasteiger charge is -2.33. The number of likely N-dealkylation sites (tertiary alicyclic amines) is 1. The van der Waals surface area contributed by atoms with Crippen LogP contribution in [-0.4, -0.2) is 47.6 Å². The highest BCUT2D eigenvalue weighted by Crippen LogP contribution is 2.19. The van der Waals surface area contributed by atoms with Crippen LogP contribution in [0.25, 0.3) is 0 Å². The lowest BCUT2D eigenvalue weighted by atomic mass is 10.1. The first-order valence-electron chi connectivity index (χ1n) is 7.04. The van der Waals surface area contributed by atoms with Gasteiger partial charge in [-0.2, -0.15) is 13.2 Å². The minimum Gasteiger partial charge on any atom is -0.348 e. The number of H-pyrrole nitrogens is 1. The Morgan fingerprint density at radius 1 is 1.45 bits per heavy atom. The smallest absolute Gasteiger partial charge is 0.348 e. The molecule has 0 radical (unpaired) electrons. The molecule has 1 amide bonds. The quantitative estimate of drug-likeness (QED) is 0.886. The van der Waals surface area contributed by atoms with Crippen LogP contribution in [-0.2, 0) is 0 Å². The summed E-state index contributed by atoms with van der Waals surface area (Å²) in [6.07, 6.45) is -3.07. The van der Waals surface area contributed by atoms with E-state index in [4.69, 9.17) is 0 Å². The Labute approximate surface area is 125 Å². The van der Waals surface area contributed by atoms with E-state index < -0.39 is 24.2 Å².